The maximum absolute atomic E-state index is 13.4. The second kappa shape index (κ2) is 3.10. The smallest absolute Gasteiger partial charge is 0.110 e. The molecule has 0 heterocycles. The Balaban J connectivity index is 2.48. The molecule has 1 saturated carbocycles. The average molecular weight is 160 g/mol. The predicted octanol–water partition coefficient (Wildman–Crippen LogP) is 2.14. The van der Waals surface area contributed by atoms with E-state index in [1.54, 1.807) is 13.8 Å². The summed E-state index contributed by atoms with van der Waals surface area (Å²) in [6.45, 7) is 3.12. The highest BCUT2D eigenvalue weighted by Crippen LogP contribution is 2.39. The maximum Gasteiger partial charge on any atom is 0.110 e. The minimum Gasteiger partial charge on any atom is -0.396 e. The Morgan fingerprint density at radius 2 is 2.09 bits per heavy atom. The first kappa shape index (κ1) is 8.98. The summed E-state index contributed by atoms with van der Waals surface area (Å²) >= 11 is 0. The summed E-state index contributed by atoms with van der Waals surface area (Å²) < 4.78 is 13.4. The number of halogens is 1. The molecular formula is C9H17FO. The summed E-state index contributed by atoms with van der Waals surface area (Å²) in [6, 6.07) is 0. The molecule has 0 saturated heterocycles. The van der Waals surface area contributed by atoms with Crippen LogP contribution in [-0.2, 0) is 0 Å². The lowest BCUT2D eigenvalue weighted by atomic mass is 9.71. The van der Waals surface area contributed by atoms with E-state index in [1.807, 2.05) is 0 Å². The van der Waals surface area contributed by atoms with Gasteiger partial charge in [0.05, 0.1) is 0 Å². The van der Waals surface area contributed by atoms with Crippen molar-refractivity contribution in [2.75, 3.05) is 6.61 Å². The zero-order valence-corrected chi connectivity index (χ0v) is 7.31. The molecule has 0 aliphatic heterocycles. The molecule has 1 aliphatic carbocycles. The van der Waals surface area contributed by atoms with Gasteiger partial charge in [0.1, 0.15) is 5.67 Å². The molecule has 0 aromatic rings. The third kappa shape index (κ3) is 1.92. The number of hydrogen-bond donors (Lipinski definition) is 1. The zero-order chi connectivity index (χ0) is 8.48. The van der Waals surface area contributed by atoms with Gasteiger partial charge in [-0.05, 0) is 32.6 Å². The molecule has 0 aromatic heterocycles. The molecule has 0 radical (unpaired) electrons. The fraction of sp³-hybridized carbons (Fsp3) is 1.00. The first-order valence-corrected chi connectivity index (χ1v) is 4.35. The fourth-order valence-corrected chi connectivity index (χ4v) is 1.77. The van der Waals surface area contributed by atoms with Crippen LogP contribution in [0.4, 0.5) is 4.39 Å². The highest BCUT2D eigenvalue weighted by molar-refractivity contribution is 4.87. The van der Waals surface area contributed by atoms with E-state index in [2.05, 4.69) is 0 Å². The second-order valence-corrected chi connectivity index (χ2v) is 4.04. The van der Waals surface area contributed by atoms with E-state index in [0.29, 0.717) is 5.92 Å². The number of rotatable bonds is 3. The van der Waals surface area contributed by atoms with Crippen LogP contribution < -0.4 is 0 Å². The Labute approximate surface area is 67.6 Å². The van der Waals surface area contributed by atoms with Crippen LogP contribution in [0, 0.1) is 11.8 Å². The lowest BCUT2D eigenvalue weighted by molar-refractivity contribution is 0.00497. The quantitative estimate of drug-likeness (QED) is 0.670. The Morgan fingerprint density at radius 3 is 2.18 bits per heavy atom. The Kier molecular flexibility index (Phi) is 2.53. The van der Waals surface area contributed by atoms with Gasteiger partial charge in [0, 0.05) is 12.5 Å². The van der Waals surface area contributed by atoms with Crippen LogP contribution in [0.2, 0.25) is 0 Å². The van der Waals surface area contributed by atoms with Gasteiger partial charge in [-0.25, -0.2) is 4.39 Å². The van der Waals surface area contributed by atoms with Gasteiger partial charge in [0.15, 0.2) is 0 Å². The van der Waals surface area contributed by atoms with Gasteiger partial charge in [-0.15, -0.1) is 0 Å². The lowest BCUT2D eigenvalue weighted by Crippen LogP contribution is -2.38. The van der Waals surface area contributed by atoms with E-state index in [-0.39, 0.29) is 12.5 Å². The Bertz CT molecular complexity index is 124. The van der Waals surface area contributed by atoms with Gasteiger partial charge < -0.3 is 5.11 Å². The SMILES string of the molecule is CC(C)(F)C(CO)C1CCC1. The van der Waals surface area contributed by atoms with Crippen LogP contribution in [0.1, 0.15) is 33.1 Å². The van der Waals surface area contributed by atoms with Crippen molar-refractivity contribution in [3.8, 4) is 0 Å². The van der Waals surface area contributed by atoms with Gasteiger partial charge in [0.2, 0.25) is 0 Å². The molecule has 1 unspecified atom stereocenters. The van der Waals surface area contributed by atoms with Gasteiger partial charge in [-0.1, -0.05) is 6.42 Å². The summed E-state index contributed by atoms with van der Waals surface area (Å²) in [5, 5.41) is 8.96. The van der Waals surface area contributed by atoms with Crippen LogP contribution in [0.3, 0.4) is 0 Å². The van der Waals surface area contributed by atoms with E-state index >= 15 is 0 Å². The van der Waals surface area contributed by atoms with Crippen molar-refractivity contribution in [3.05, 3.63) is 0 Å². The molecule has 1 fully saturated rings. The van der Waals surface area contributed by atoms with Crippen molar-refractivity contribution in [1.29, 1.82) is 0 Å². The monoisotopic (exact) mass is 160 g/mol. The molecule has 0 bridgehead atoms. The molecule has 1 aliphatic rings. The number of hydrogen-bond acceptors (Lipinski definition) is 1. The number of aliphatic hydroxyl groups is 1. The van der Waals surface area contributed by atoms with Crippen molar-refractivity contribution in [2.24, 2.45) is 11.8 Å². The summed E-state index contributed by atoms with van der Waals surface area (Å²) in [6.07, 6.45) is 3.40. The van der Waals surface area contributed by atoms with Crippen LogP contribution >= 0.6 is 0 Å². The van der Waals surface area contributed by atoms with Crippen molar-refractivity contribution < 1.29 is 9.50 Å². The van der Waals surface area contributed by atoms with Gasteiger partial charge in [-0.2, -0.15) is 0 Å². The third-order valence-electron chi connectivity index (χ3n) is 2.80. The largest absolute Gasteiger partial charge is 0.396 e. The standard InChI is InChI=1S/C9H17FO/c1-9(2,10)8(6-11)7-4-3-5-7/h7-8,11H,3-6H2,1-2H3. The van der Waals surface area contributed by atoms with Gasteiger partial charge >= 0.3 is 0 Å². The van der Waals surface area contributed by atoms with E-state index in [0.717, 1.165) is 12.8 Å². The van der Waals surface area contributed by atoms with E-state index < -0.39 is 5.67 Å². The molecule has 1 nitrogen and oxygen atoms in total. The summed E-state index contributed by atoms with van der Waals surface area (Å²) in [4.78, 5) is 0. The number of aliphatic hydroxyl groups excluding tert-OH is 1. The minimum atomic E-state index is -1.21. The molecule has 11 heavy (non-hydrogen) atoms. The molecule has 1 N–H and O–H groups in total. The molecule has 2 heteroatoms. The first-order chi connectivity index (χ1) is 5.05. The fourth-order valence-electron chi connectivity index (χ4n) is 1.77. The van der Waals surface area contributed by atoms with Crippen LogP contribution in [0.15, 0.2) is 0 Å². The van der Waals surface area contributed by atoms with Crippen molar-refractivity contribution in [1.82, 2.24) is 0 Å². The van der Waals surface area contributed by atoms with Crippen molar-refractivity contribution in [2.45, 2.75) is 38.8 Å². The zero-order valence-electron chi connectivity index (χ0n) is 7.31. The molecule has 1 rings (SSSR count). The van der Waals surface area contributed by atoms with Gasteiger partial charge in [0.25, 0.3) is 0 Å². The van der Waals surface area contributed by atoms with E-state index in [4.69, 9.17) is 5.11 Å². The highest BCUT2D eigenvalue weighted by atomic mass is 19.1. The molecule has 1 atom stereocenters. The van der Waals surface area contributed by atoms with E-state index in [1.165, 1.54) is 6.42 Å². The minimum absolute atomic E-state index is 0.00579. The molecule has 0 spiro atoms. The Morgan fingerprint density at radius 1 is 1.55 bits per heavy atom. The highest BCUT2D eigenvalue weighted by Gasteiger charge is 2.37. The van der Waals surface area contributed by atoms with Crippen molar-refractivity contribution >= 4 is 0 Å². The predicted molar refractivity (Wildman–Crippen MR) is 43.1 cm³/mol. The second-order valence-electron chi connectivity index (χ2n) is 4.04. The van der Waals surface area contributed by atoms with E-state index in [9.17, 15) is 4.39 Å². The molecule has 66 valence electrons. The number of alkyl halides is 1. The lowest BCUT2D eigenvalue weighted by Gasteiger charge is -2.38. The third-order valence-corrected chi connectivity index (χ3v) is 2.80. The first-order valence-electron chi connectivity index (χ1n) is 4.35. The summed E-state index contributed by atoms with van der Waals surface area (Å²) in [5.41, 5.74) is -1.21. The van der Waals surface area contributed by atoms with Gasteiger partial charge in [-0.3, -0.25) is 0 Å². The summed E-state index contributed by atoms with van der Waals surface area (Å²) in [5.74, 6) is 0.288. The van der Waals surface area contributed by atoms with Crippen molar-refractivity contribution in [3.63, 3.8) is 0 Å². The topological polar surface area (TPSA) is 20.2 Å². The van der Waals surface area contributed by atoms with Crippen LogP contribution in [0.25, 0.3) is 0 Å². The maximum atomic E-state index is 13.4. The Hall–Kier alpha value is -0.110. The summed E-state index contributed by atoms with van der Waals surface area (Å²) in [7, 11) is 0. The normalized spacial score (nSPS) is 22.9. The average Bonchev–Trinajstić information content (AvgIpc) is 1.74. The molecule has 0 amide bonds. The van der Waals surface area contributed by atoms with Crippen LogP contribution in [0.5, 0.6) is 0 Å². The molecular weight excluding hydrogens is 143 g/mol. The molecule has 0 aromatic carbocycles. The van der Waals surface area contributed by atoms with Crippen LogP contribution in [-0.4, -0.2) is 17.4 Å².